The van der Waals surface area contributed by atoms with E-state index >= 15 is 0 Å². The molecule has 56 valence electrons. The lowest BCUT2D eigenvalue weighted by atomic mass is 10.1. The van der Waals surface area contributed by atoms with E-state index in [0.717, 1.165) is 10.6 Å². The first-order valence-electron chi connectivity index (χ1n) is 3.22. The van der Waals surface area contributed by atoms with Gasteiger partial charge in [0, 0.05) is 5.03 Å². The fourth-order valence-corrected chi connectivity index (χ4v) is 0.723. The van der Waals surface area contributed by atoms with E-state index in [-0.39, 0.29) is 0 Å². The second kappa shape index (κ2) is 4.35. The Morgan fingerprint density at radius 3 is 2.10 bits per heavy atom. The van der Waals surface area contributed by atoms with Crippen LogP contribution in [0.5, 0.6) is 0 Å². The van der Waals surface area contributed by atoms with Gasteiger partial charge in [0.2, 0.25) is 0 Å². The third-order valence-electron chi connectivity index (χ3n) is 1.48. The van der Waals surface area contributed by atoms with Gasteiger partial charge in [-0.1, -0.05) is 30.3 Å². The molecular formula is C9H13Cl. The van der Waals surface area contributed by atoms with Gasteiger partial charge in [0.15, 0.2) is 0 Å². The highest BCUT2D eigenvalue weighted by Gasteiger charge is 1.93. The Hall–Kier alpha value is -0.490. The molecule has 0 nitrogen and oxygen atoms in total. The van der Waals surface area contributed by atoms with Crippen molar-refractivity contribution in [3.8, 4) is 0 Å². The fourth-order valence-electron chi connectivity index (χ4n) is 0.573. The molecule has 0 aromatic carbocycles. The molecule has 0 aromatic heterocycles. The highest BCUT2D eigenvalue weighted by Crippen LogP contribution is 2.15. The van der Waals surface area contributed by atoms with E-state index < -0.39 is 0 Å². The summed E-state index contributed by atoms with van der Waals surface area (Å²) in [5, 5.41) is 0.843. The van der Waals surface area contributed by atoms with Crippen LogP contribution in [-0.2, 0) is 0 Å². The van der Waals surface area contributed by atoms with Gasteiger partial charge in [-0.2, -0.15) is 0 Å². The maximum atomic E-state index is 5.76. The van der Waals surface area contributed by atoms with Crippen molar-refractivity contribution in [1.29, 1.82) is 0 Å². The van der Waals surface area contributed by atoms with Crippen molar-refractivity contribution in [2.24, 2.45) is 0 Å². The quantitative estimate of drug-likeness (QED) is 0.536. The van der Waals surface area contributed by atoms with E-state index in [1.807, 2.05) is 26.8 Å². The van der Waals surface area contributed by atoms with E-state index in [1.165, 1.54) is 5.57 Å². The summed E-state index contributed by atoms with van der Waals surface area (Å²) in [6.07, 6.45) is 3.71. The zero-order valence-corrected chi connectivity index (χ0v) is 7.50. The fraction of sp³-hybridized carbons (Fsp3) is 0.333. The van der Waals surface area contributed by atoms with Crippen LogP contribution in [0.3, 0.4) is 0 Å². The van der Waals surface area contributed by atoms with Gasteiger partial charge >= 0.3 is 0 Å². The number of hydrogen-bond acceptors (Lipinski definition) is 0. The first-order valence-corrected chi connectivity index (χ1v) is 3.60. The standard InChI is InChI=1S/C9H13Cl/c1-5-6-7(2)8(3)9(4)10/h5-6H,1H2,2-4H3/b7-6-,9-8+. The van der Waals surface area contributed by atoms with Gasteiger partial charge < -0.3 is 0 Å². The lowest BCUT2D eigenvalue weighted by Crippen LogP contribution is -1.79. The average molecular weight is 157 g/mol. The minimum Gasteiger partial charge on any atom is -0.0991 e. The third kappa shape index (κ3) is 2.88. The minimum absolute atomic E-state index is 0.843. The molecular weight excluding hydrogens is 144 g/mol. The molecule has 0 aliphatic rings. The number of allylic oxidation sites excluding steroid dienone is 5. The van der Waals surface area contributed by atoms with E-state index in [4.69, 9.17) is 11.6 Å². The van der Waals surface area contributed by atoms with Crippen LogP contribution in [-0.4, -0.2) is 0 Å². The second-order valence-electron chi connectivity index (χ2n) is 2.24. The SMILES string of the molecule is C=C/C=C(C)\C(C)=C(/C)Cl. The van der Waals surface area contributed by atoms with Gasteiger partial charge in [0.25, 0.3) is 0 Å². The molecule has 0 bridgehead atoms. The largest absolute Gasteiger partial charge is 0.0991 e. The zero-order chi connectivity index (χ0) is 8.15. The Morgan fingerprint density at radius 1 is 1.30 bits per heavy atom. The summed E-state index contributed by atoms with van der Waals surface area (Å²) in [6.45, 7) is 9.50. The molecule has 1 heteroatoms. The van der Waals surface area contributed by atoms with Crippen molar-refractivity contribution in [2.75, 3.05) is 0 Å². The molecule has 10 heavy (non-hydrogen) atoms. The van der Waals surface area contributed by atoms with Crippen LogP contribution < -0.4 is 0 Å². The molecule has 0 saturated carbocycles. The molecule has 0 aliphatic heterocycles. The predicted octanol–water partition coefficient (Wildman–Crippen LogP) is 3.65. The van der Waals surface area contributed by atoms with Crippen molar-refractivity contribution in [2.45, 2.75) is 20.8 Å². The van der Waals surface area contributed by atoms with E-state index in [2.05, 4.69) is 6.58 Å². The van der Waals surface area contributed by atoms with Gasteiger partial charge in [-0.25, -0.2) is 0 Å². The topological polar surface area (TPSA) is 0 Å². The Bertz CT molecular complexity index is 181. The van der Waals surface area contributed by atoms with Crippen LogP contribution in [0, 0.1) is 0 Å². The van der Waals surface area contributed by atoms with Crippen LogP contribution in [0.1, 0.15) is 20.8 Å². The van der Waals surface area contributed by atoms with Crippen molar-refractivity contribution < 1.29 is 0 Å². The molecule has 0 radical (unpaired) electrons. The van der Waals surface area contributed by atoms with Crippen LogP contribution in [0.25, 0.3) is 0 Å². The number of halogens is 1. The molecule has 0 aliphatic carbocycles. The summed E-state index contributed by atoms with van der Waals surface area (Å²) in [7, 11) is 0. The van der Waals surface area contributed by atoms with Crippen molar-refractivity contribution in [3.05, 3.63) is 34.9 Å². The Kier molecular flexibility index (Phi) is 4.13. The summed E-state index contributed by atoms with van der Waals surface area (Å²) >= 11 is 5.76. The van der Waals surface area contributed by atoms with Crippen LogP contribution in [0.2, 0.25) is 0 Å². The molecule has 0 fully saturated rings. The Balaban J connectivity index is 4.51. The summed E-state index contributed by atoms with van der Waals surface area (Å²) in [5.74, 6) is 0. The second-order valence-corrected chi connectivity index (χ2v) is 2.81. The maximum absolute atomic E-state index is 5.76. The highest BCUT2D eigenvalue weighted by atomic mass is 35.5. The van der Waals surface area contributed by atoms with Crippen LogP contribution >= 0.6 is 11.6 Å². The summed E-state index contributed by atoms with van der Waals surface area (Å²) in [4.78, 5) is 0. The van der Waals surface area contributed by atoms with Gasteiger partial charge in [0.05, 0.1) is 0 Å². The lowest BCUT2D eigenvalue weighted by Gasteiger charge is -1.99. The predicted molar refractivity (Wildman–Crippen MR) is 48.2 cm³/mol. The monoisotopic (exact) mass is 156 g/mol. The first kappa shape index (κ1) is 9.51. The Labute approximate surface area is 67.9 Å². The molecule has 0 saturated heterocycles. The Morgan fingerprint density at radius 2 is 1.80 bits per heavy atom. The van der Waals surface area contributed by atoms with Crippen molar-refractivity contribution in [3.63, 3.8) is 0 Å². The normalized spacial score (nSPS) is 14.6. The maximum Gasteiger partial charge on any atom is 0.0181 e. The van der Waals surface area contributed by atoms with Crippen molar-refractivity contribution >= 4 is 11.6 Å². The first-order chi connectivity index (χ1) is 4.59. The lowest BCUT2D eigenvalue weighted by molar-refractivity contribution is 1.31. The molecule has 0 atom stereocenters. The minimum atomic E-state index is 0.843. The van der Waals surface area contributed by atoms with E-state index in [9.17, 15) is 0 Å². The van der Waals surface area contributed by atoms with E-state index in [0.29, 0.717) is 0 Å². The molecule has 0 aromatic rings. The third-order valence-corrected chi connectivity index (χ3v) is 1.76. The van der Waals surface area contributed by atoms with Gasteiger partial charge in [0.1, 0.15) is 0 Å². The molecule has 0 unspecified atom stereocenters. The average Bonchev–Trinajstić information content (AvgIpc) is 1.87. The van der Waals surface area contributed by atoms with E-state index in [1.54, 1.807) is 6.08 Å². The van der Waals surface area contributed by atoms with Crippen LogP contribution in [0.15, 0.2) is 34.9 Å². The molecule has 0 amide bonds. The van der Waals surface area contributed by atoms with Gasteiger partial charge in [-0.15, -0.1) is 0 Å². The number of hydrogen-bond donors (Lipinski definition) is 0. The number of rotatable bonds is 2. The van der Waals surface area contributed by atoms with Crippen LogP contribution in [0.4, 0.5) is 0 Å². The smallest absolute Gasteiger partial charge is 0.0181 e. The summed E-state index contributed by atoms with van der Waals surface area (Å²) in [6, 6.07) is 0. The zero-order valence-electron chi connectivity index (χ0n) is 6.74. The molecule has 0 heterocycles. The van der Waals surface area contributed by atoms with Gasteiger partial charge in [-0.05, 0) is 31.9 Å². The van der Waals surface area contributed by atoms with Gasteiger partial charge in [-0.3, -0.25) is 0 Å². The summed E-state index contributed by atoms with van der Waals surface area (Å²) in [5.41, 5.74) is 2.30. The highest BCUT2D eigenvalue weighted by molar-refractivity contribution is 6.29. The molecule has 0 rings (SSSR count). The molecule has 0 N–H and O–H groups in total. The van der Waals surface area contributed by atoms with Crippen molar-refractivity contribution in [1.82, 2.24) is 0 Å². The summed E-state index contributed by atoms with van der Waals surface area (Å²) < 4.78 is 0. The molecule has 0 spiro atoms.